The van der Waals surface area contributed by atoms with Gasteiger partial charge in [0.1, 0.15) is 0 Å². The zero-order chi connectivity index (χ0) is 24.6. The van der Waals surface area contributed by atoms with Gasteiger partial charge in [-0.1, -0.05) is 26.8 Å². The summed E-state index contributed by atoms with van der Waals surface area (Å²) < 4.78 is 78.3. The fourth-order valence-corrected chi connectivity index (χ4v) is 2.89. The highest BCUT2D eigenvalue weighted by Crippen LogP contribution is 2.38. The SMILES string of the molecule is CC(C)(C)c1ccc(NC(=O)Nc2cc(C(F)(F)F)cc(C(F)(F)F)c2)c(-c2nn[nH]n2)c1. The molecule has 7 nitrogen and oxygen atoms in total. The summed E-state index contributed by atoms with van der Waals surface area (Å²) in [5, 5.41) is 17.9. The standard InChI is InChI=1S/C20H18F6N6O/c1-18(2,3)10-4-5-15(14(9-10)16-29-31-32-30-16)28-17(33)27-13-7-11(19(21,22)23)6-12(8-13)20(24,25)26/h4-9H,1-3H3,(H2,27,28,33)(H,29,30,31,32). The second kappa shape index (κ2) is 8.37. The third kappa shape index (κ3) is 5.79. The van der Waals surface area contributed by atoms with Crippen LogP contribution in [0.5, 0.6) is 0 Å². The van der Waals surface area contributed by atoms with Crippen LogP contribution in [-0.4, -0.2) is 26.7 Å². The van der Waals surface area contributed by atoms with Gasteiger partial charge in [-0.15, -0.1) is 10.2 Å². The Morgan fingerprint density at radius 1 is 0.848 bits per heavy atom. The molecule has 1 aromatic heterocycles. The molecular weight excluding hydrogens is 454 g/mol. The molecule has 13 heteroatoms. The number of anilines is 2. The van der Waals surface area contributed by atoms with E-state index >= 15 is 0 Å². The highest BCUT2D eigenvalue weighted by Gasteiger charge is 2.37. The Labute approximate surface area is 183 Å². The number of hydrogen-bond donors (Lipinski definition) is 3. The van der Waals surface area contributed by atoms with Crippen LogP contribution >= 0.6 is 0 Å². The molecule has 0 spiro atoms. The summed E-state index contributed by atoms with van der Waals surface area (Å²) in [4.78, 5) is 12.5. The molecule has 0 radical (unpaired) electrons. The Balaban J connectivity index is 1.93. The summed E-state index contributed by atoms with van der Waals surface area (Å²) in [5.41, 5.74) is -2.66. The van der Waals surface area contributed by atoms with Crippen LogP contribution in [0.25, 0.3) is 11.4 Å². The summed E-state index contributed by atoms with van der Waals surface area (Å²) in [5.74, 6) is 0.134. The van der Waals surface area contributed by atoms with Crippen molar-refractivity contribution in [3.8, 4) is 11.4 Å². The highest BCUT2D eigenvalue weighted by atomic mass is 19.4. The topological polar surface area (TPSA) is 95.6 Å². The molecule has 0 aliphatic carbocycles. The third-order valence-corrected chi connectivity index (χ3v) is 4.57. The van der Waals surface area contributed by atoms with E-state index in [4.69, 9.17) is 0 Å². The van der Waals surface area contributed by atoms with E-state index in [1.54, 1.807) is 12.1 Å². The molecule has 3 rings (SSSR count). The number of carbonyl (C=O) groups excluding carboxylic acids is 1. The van der Waals surface area contributed by atoms with Crippen LogP contribution in [0, 0.1) is 0 Å². The van der Waals surface area contributed by atoms with Gasteiger partial charge < -0.3 is 10.6 Å². The lowest BCUT2D eigenvalue weighted by Crippen LogP contribution is -2.21. The van der Waals surface area contributed by atoms with Gasteiger partial charge in [0.25, 0.3) is 0 Å². The molecular formula is C20H18F6N6O. The van der Waals surface area contributed by atoms with E-state index in [9.17, 15) is 31.1 Å². The molecule has 2 aromatic carbocycles. The predicted molar refractivity (Wildman–Crippen MR) is 107 cm³/mol. The summed E-state index contributed by atoms with van der Waals surface area (Å²) in [6.45, 7) is 5.86. The predicted octanol–water partition coefficient (Wildman–Crippen LogP) is 5.85. The van der Waals surface area contributed by atoms with Gasteiger partial charge in [-0.3, -0.25) is 0 Å². The average Bonchev–Trinajstić information content (AvgIpc) is 3.20. The number of aromatic nitrogens is 4. The number of H-pyrrole nitrogens is 1. The third-order valence-electron chi connectivity index (χ3n) is 4.57. The summed E-state index contributed by atoms with van der Waals surface area (Å²) in [6, 6.07) is 4.69. The Hall–Kier alpha value is -3.64. The quantitative estimate of drug-likeness (QED) is 0.417. The average molecular weight is 472 g/mol. The zero-order valence-electron chi connectivity index (χ0n) is 17.5. The minimum Gasteiger partial charge on any atom is -0.308 e. The van der Waals surface area contributed by atoms with E-state index in [1.807, 2.05) is 26.1 Å². The maximum Gasteiger partial charge on any atom is 0.416 e. The molecule has 33 heavy (non-hydrogen) atoms. The molecule has 1 heterocycles. The molecule has 0 saturated heterocycles. The van der Waals surface area contributed by atoms with Gasteiger partial charge in [0.05, 0.1) is 16.8 Å². The number of carbonyl (C=O) groups is 1. The molecule has 3 aromatic rings. The molecule has 176 valence electrons. The van der Waals surface area contributed by atoms with Gasteiger partial charge in [0, 0.05) is 11.3 Å². The van der Waals surface area contributed by atoms with Crippen molar-refractivity contribution in [2.45, 2.75) is 38.5 Å². The number of aromatic amines is 1. The van der Waals surface area contributed by atoms with Crippen LogP contribution in [0.1, 0.15) is 37.5 Å². The maximum absolute atomic E-state index is 13.0. The summed E-state index contributed by atoms with van der Waals surface area (Å²) in [6.07, 6.45) is -10.1. The first-order chi connectivity index (χ1) is 15.1. The molecule has 0 aliphatic heterocycles. The van der Waals surface area contributed by atoms with Crippen molar-refractivity contribution in [1.82, 2.24) is 20.6 Å². The van der Waals surface area contributed by atoms with Gasteiger partial charge in [-0.05, 0) is 46.5 Å². The molecule has 0 saturated carbocycles. The van der Waals surface area contributed by atoms with Crippen molar-refractivity contribution in [3.05, 3.63) is 53.1 Å². The molecule has 0 unspecified atom stereocenters. The van der Waals surface area contributed by atoms with Crippen molar-refractivity contribution < 1.29 is 31.1 Å². The minimum absolute atomic E-state index is 0.0251. The number of hydrogen-bond acceptors (Lipinski definition) is 4. The molecule has 0 fully saturated rings. The van der Waals surface area contributed by atoms with Crippen molar-refractivity contribution in [3.63, 3.8) is 0 Å². The lowest BCUT2D eigenvalue weighted by molar-refractivity contribution is -0.143. The van der Waals surface area contributed by atoms with E-state index in [0.29, 0.717) is 17.7 Å². The van der Waals surface area contributed by atoms with Crippen LogP contribution in [-0.2, 0) is 17.8 Å². The second-order valence-electron chi connectivity index (χ2n) is 8.12. The highest BCUT2D eigenvalue weighted by molar-refractivity contribution is 6.02. The summed E-state index contributed by atoms with van der Waals surface area (Å²) >= 11 is 0. The van der Waals surface area contributed by atoms with Gasteiger partial charge in [0.15, 0.2) is 0 Å². The maximum atomic E-state index is 13.0. The molecule has 3 N–H and O–H groups in total. The lowest BCUT2D eigenvalue weighted by atomic mass is 9.86. The number of halogens is 6. The second-order valence-corrected chi connectivity index (χ2v) is 8.12. The van der Waals surface area contributed by atoms with Gasteiger partial charge in [-0.25, -0.2) is 4.79 Å². The van der Waals surface area contributed by atoms with Gasteiger partial charge in [-0.2, -0.15) is 31.6 Å². The van der Waals surface area contributed by atoms with Crippen molar-refractivity contribution in [2.24, 2.45) is 0 Å². The summed E-state index contributed by atoms with van der Waals surface area (Å²) in [7, 11) is 0. The molecule has 0 bridgehead atoms. The number of amides is 2. The van der Waals surface area contributed by atoms with E-state index in [-0.39, 0.29) is 23.0 Å². The number of alkyl halides is 6. The molecule has 0 aliphatic rings. The van der Waals surface area contributed by atoms with Crippen LogP contribution in [0.3, 0.4) is 0 Å². The number of benzene rings is 2. The lowest BCUT2D eigenvalue weighted by Gasteiger charge is -2.21. The number of nitrogens with one attached hydrogen (secondary N) is 3. The van der Waals surface area contributed by atoms with E-state index < -0.39 is 35.2 Å². The Kier molecular flexibility index (Phi) is 6.09. The Morgan fingerprint density at radius 3 is 1.94 bits per heavy atom. The number of nitrogens with zero attached hydrogens (tertiary/aromatic N) is 3. The molecule has 0 atom stereocenters. The monoisotopic (exact) mass is 472 g/mol. The molecule has 2 amide bonds. The first-order valence-corrected chi connectivity index (χ1v) is 9.40. The van der Waals surface area contributed by atoms with E-state index in [0.717, 1.165) is 5.56 Å². The first kappa shape index (κ1) is 24.0. The van der Waals surface area contributed by atoms with E-state index in [2.05, 4.69) is 25.9 Å². The van der Waals surface area contributed by atoms with Crippen LogP contribution in [0.2, 0.25) is 0 Å². The van der Waals surface area contributed by atoms with Crippen LogP contribution < -0.4 is 10.6 Å². The van der Waals surface area contributed by atoms with Gasteiger partial charge in [0.2, 0.25) is 5.82 Å². The van der Waals surface area contributed by atoms with E-state index in [1.165, 1.54) is 6.07 Å². The normalized spacial score (nSPS) is 12.5. The number of rotatable bonds is 3. The minimum atomic E-state index is -5.04. The Bertz CT molecular complexity index is 1120. The fourth-order valence-electron chi connectivity index (χ4n) is 2.89. The Morgan fingerprint density at radius 2 is 1.45 bits per heavy atom. The number of urea groups is 1. The zero-order valence-corrected chi connectivity index (χ0v) is 17.5. The van der Waals surface area contributed by atoms with Crippen molar-refractivity contribution in [1.29, 1.82) is 0 Å². The smallest absolute Gasteiger partial charge is 0.308 e. The van der Waals surface area contributed by atoms with Crippen molar-refractivity contribution in [2.75, 3.05) is 10.6 Å². The van der Waals surface area contributed by atoms with Crippen LogP contribution in [0.4, 0.5) is 42.5 Å². The first-order valence-electron chi connectivity index (χ1n) is 9.40. The van der Waals surface area contributed by atoms with Gasteiger partial charge >= 0.3 is 18.4 Å². The number of tetrazole rings is 1. The largest absolute Gasteiger partial charge is 0.416 e. The van der Waals surface area contributed by atoms with Crippen molar-refractivity contribution >= 4 is 17.4 Å². The fraction of sp³-hybridized carbons (Fsp3) is 0.300. The van der Waals surface area contributed by atoms with Crippen LogP contribution in [0.15, 0.2) is 36.4 Å².